The summed E-state index contributed by atoms with van der Waals surface area (Å²) in [5.74, 6) is 0. The highest BCUT2D eigenvalue weighted by Gasteiger charge is 2.22. The minimum Gasteiger partial charge on any atom is -0.109 e. The fourth-order valence-electron chi connectivity index (χ4n) is 3.15. The monoisotopic (exact) mass is 416 g/mol. The molecule has 0 N–H and O–H groups in total. The van der Waals surface area contributed by atoms with Crippen molar-refractivity contribution in [1.29, 1.82) is 0 Å². The summed E-state index contributed by atoms with van der Waals surface area (Å²) >= 11 is 9.53. The van der Waals surface area contributed by atoms with Crippen LogP contribution in [0.1, 0.15) is 93.9 Å². The van der Waals surface area contributed by atoms with Gasteiger partial charge in [0.2, 0.25) is 0 Å². The van der Waals surface area contributed by atoms with Gasteiger partial charge in [0.05, 0.1) is 5.34 Å². The summed E-state index contributed by atoms with van der Waals surface area (Å²) in [6, 6.07) is 0. The van der Waals surface area contributed by atoms with Crippen LogP contribution in [0.25, 0.3) is 0 Å². The molecule has 0 aromatic carbocycles. The SMILES string of the molecule is C=C.C=C(C)CCC(C)(C)CC(=C)C.CC1=C(C)CC(C)(C)CC1.ClCCl. The molecular weight excluding hydrogens is 371 g/mol. The molecule has 160 valence electrons. The topological polar surface area (TPSA) is 0 Å². The van der Waals surface area contributed by atoms with Gasteiger partial charge in [-0.15, -0.1) is 49.5 Å². The van der Waals surface area contributed by atoms with Crippen LogP contribution in [0.2, 0.25) is 0 Å². The minimum absolute atomic E-state index is 0.194. The van der Waals surface area contributed by atoms with E-state index < -0.39 is 0 Å². The molecule has 27 heavy (non-hydrogen) atoms. The van der Waals surface area contributed by atoms with Gasteiger partial charge < -0.3 is 0 Å². The maximum Gasteiger partial charge on any atom is 0.0967 e. The molecule has 1 rings (SSSR count). The van der Waals surface area contributed by atoms with Crippen LogP contribution >= 0.6 is 23.2 Å². The lowest BCUT2D eigenvalue weighted by Gasteiger charge is -2.30. The Hall–Kier alpha value is -0.460. The third-order valence-corrected chi connectivity index (χ3v) is 4.66. The van der Waals surface area contributed by atoms with E-state index in [9.17, 15) is 0 Å². The number of alkyl halides is 2. The van der Waals surface area contributed by atoms with E-state index in [1.54, 1.807) is 11.1 Å². The van der Waals surface area contributed by atoms with Crippen molar-refractivity contribution < 1.29 is 0 Å². The van der Waals surface area contributed by atoms with Gasteiger partial charge in [0.1, 0.15) is 0 Å². The zero-order valence-corrected chi connectivity index (χ0v) is 21.0. The summed E-state index contributed by atoms with van der Waals surface area (Å²) in [6.07, 6.45) is 7.48. The molecule has 1 aliphatic carbocycles. The Morgan fingerprint density at radius 2 is 1.44 bits per heavy atom. The fraction of sp³-hybridized carbons (Fsp3) is 0.680. The van der Waals surface area contributed by atoms with Gasteiger partial charge in [0.25, 0.3) is 0 Å². The lowest BCUT2D eigenvalue weighted by Crippen LogP contribution is -2.16. The molecular formula is C25H46Cl2. The van der Waals surface area contributed by atoms with Gasteiger partial charge in [-0.05, 0) is 77.0 Å². The summed E-state index contributed by atoms with van der Waals surface area (Å²) < 4.78 is 0. The van der Waals surface area contributed by atoms with Crippen LogP contribution in [0.3, 0.4) is 0 Å². The normalized spacial score (nSPS) is 15.2. The fourth-order valence-corrected chi connectivity index (χ4v) is 3.15. The zero-order chi connectivity index (χ0) is 22.3. The Balaban J connectivity index is -0.000000347. The Morgan fingerprint density at radius 3 is 1.74 bits per heavy atom. The first-order valence-electron chi connectivity index (χ1n) is 9.82. The Kier molecular flexibility index (Phi) is 19.1. The maximum absolute atomic E-state index is 4.76. The highest BCUT2D eigenvalue weighted by Crippen LogP contribution is 2.37. The van der Waals surface area contributed by atoms with E-state index in [4.69, 9.17) is 23.2 Å². The molecule has 0 radical (unpaired) electrons. The predicted molar refractivity (Wildman–Crippen MR) is 131 cm³/mol. The molecule has 0 aromatic rings. The molecule has 0 saturated heterocycles. The summed E-state index contributed by atoms with van der Waals surface area (Å²) in [5.41, 5.74) is 6.77. The molecule has 0 unspecified atom stereocenters. The summed E-state index contributed by atoms with van der Waals surface area (Å²) in [6.45, 7) is 31.9. The van der Waals surface area contributed by atoms with Crippen LogP contribution in [-0.4, -0.2) is 5.34 Å². The van der Waals surface area contributed by atoms with Gasteiger partial charge in [-0.1, -0.05) is 50.0 Å². The first-order chi connectivity index (χ1) is 12.3. The van der Waals surface area contributed by atoms with Gasteiger partial charge >= 0.3 is 0 Å². The lowest BCUT2D eigenvalue weighted by atomic mass is 9.75. The summed E-state index contributed by atoms with van der Waals surface area (Å²) in [5, 5.41) is 0.194. The Bertz CT molecular complexity index is 453. The first-order valence-corrected chi connectivity index (χ1v) is 10.9. The van der Waals surface area contributed by atoms with Crippen molar-refractivity contribution in [3.8, 4) is 0 Å². The summed E-state index contributed by atoms with van der Waals surface area (Å²) in [7, 11) is 0. The van der Waals surface area contributed by atoms with E-state index in [0.29, 0.717) is 10.8 Å². The van der Waals surface area contributed by atoms with E-state index in [1.807, 2.05) is 0 Å². The number of hydrogen-bond acceptors (Lipinski definition) is 0. The van der Waals surface area contributed by atoms with Crippen LogP contribution < -0.4 is 0 Å². The number of allylic oxidation sites excluding steroid dienone is 4. The number of halogens is 2. The second kappa shape index (κ2) is 16.5. The number of hydrogen-bond donors (Lipinski definition) is 0. The van der Waals surface area contributed by atoms with Crippen molar-refractivity contribution in [2.45, 2.75) is 93.9 Å². The molecule has 1 aliphatic rings. The first kappa shape index (κ1) is 31.2. The van der Waals surface area contributed by atoms with E-state index in [2.05, 4.69) is 81.7 Å². The minimum atomic E-state index is 0.194. The second-order valence-corrected chi connectivity index (χ2v) is 10.1. The van der Waals surface area contributed by atoms with Crippen LogP contribution in [0.15, 0.2) is 48.6 Å². The third kappa shape index (κ3) is 21.7. The van der Waals surface area contributed by atoms with E-state index in [-0.39, 0.29) is 5.34 Å². The standard InChI is InChI=1S/C12H22.C10H18.C2H4.CH2Cl2/c1-10(2)7-8-12(5,6)9-11(3)4;1-8-5-6-10(3,4)7-9(8)2;1-2;2-1-3/h1,3,7-9H2,2,4-6H3;5-7H2,1-4H3;1-2H2;1H2. The Morgan fingerprint density at radius 1 is 1.00 bits per heavy atom. The average molecular weight is 418 g/mol. The quantitative estimate of drug-likeness (QED) is 0.308. The van der Waals surface area contributed by atoms with Gasteiger partial charge in [-0.2, -0.15) is 0 Å². The molecule has 0 bridgehead atoms. The average Bonchev–Trinajstić information content (AvgIpc) is 2.51. The molecule has 0 heterocycles. The Labute approximate surface area is 181 Å². The molecule has 0 nitrogen and oxygen atoms in total. The predicted octanol–water partition coefficient (Wildman–Crippen LogP) is 10.1. The van der Waals surface area contributed by atoms with Gasteiger partial charge in [-0.25, -0.2) is 0 Å². The number of rotatable bonds is 5. The van der Waals surface area contributed by atoms with E-state index in [1.165, 1.54) is 36.8 Å². The van der Waals surface area contributed by atoms with Crippen molar-refractivity contribution in [2.24, 2.45) is 10.8 Å². The summed E-state index contributed by atoms with van der Waals surface area (Å²) in [4.78, 5) is 0. The van der Waals surface area contributed by atoms with Crippen LogP contribution in [0, 0.1) is 10.8 Å². The molecule has 0 fully saturated rings. The molecule has 0 atom stereocenters. The third-order valence-electron chi connectivity index (χ3n) is 4.66. The second-order valence-electron chi connectivity index (χ2n) is 9.26. The molecule has 2 heteroatoms. The molecule has 0 saturated carbocycles. The molecule has 0 aromatic heterocycles. The molecule has 0 aliphatic heterocycles. The van der Waals surface area contributed by atoms with Crippen LogP contribution in [-0.2, 0) is 0 Å². The van der Waals surface area contributed by atoms with Gasteiger partial charge in [0.15, 0.2) is 0 Å². The van der Waals surface area contributed by atoms with E-state index in [0.717, 1.165) is 12.8 Å². The smallest absolute Gasteiger partial charge is 0.0967 e. The van der Waals surface area contributed by atoms with Crippen molar-refractivity contribution in [1.82, 2.24) is 0 Å². The van der Waals surface area contributed by atoms with Crippen molar-refractivity contribution in [3.05, 3.63) is 48.6 Å². The van der Waals surface area contributed by atoms with E-state index >= 15 is 0 Å². The maximum atomic E-state index is 4.76. The zero-order valence-electron chi connectivity index (χ0n) is 19.5. The lowest BCUT2D eigenvalue weighted by molar-refractivity contribution is 0.314. The largest absolute Gasteiger partial charge is 0.109 e. The van der Waals surface area contributed by atoms with Crippen LogP contribution in [0.5, 0.6) is 0 Å². The van der Waals surface area contributed by atoms with Crippen molar-refractivity contribution in [3.63, 3.8) is 0 Å². The highest BCUT2D eigenvalue weighted by molar-refractivity contribution is 6.40. The molecule has 0 amide bonds. The van der Waals surface area contributed by atoms with Crippen molar-refractivity contribution in [2.75, 3.05) is 5.34 Å². The van der Waals surface area contributed by atoms with Gasteiger partial charge in [-0.3, -0.25) is 0 Å². The molecule has 0 spiro atoms. The van der Waals surface area contributed by atoms with Crippen molar-refractivity contribution >= 4 is 23.2 Å². The highest BCUT2D eigenvalue weighted by atomic mass is 35.5. The van der Waals surface area contributed by atoms with Gasteiger partial charge in [0, 0.05) is 0 Å². The van der Waals surface area contributed by atoms with Crippen LogP contribution in [0.4, 0.5) is 0 Å².